The number of aryl methyl sites for hydroxylation is 1. The van der Waals surface area contributed by atoms with E-state index in [0.29, 0.717) is 19.2 Å². The summed E-state index contributed by atoms with van der Waals surface area (Å²) in [6, 6.07) is 5.66. The van der Waals surface area contributed by atoms with E-state index in [2.05, 4.69) is 15.1 Å². The van der Waals surface area contributed by atoms with Gasteiger partial charge in [0.2, 0.25) is 5.91 Å². The first kappa shape index (κ1) is 21.2. The predicted molar refractivity (Wildman–Crippen MR) is 109 cm³/mol. The molecule has 1 atom stereocenters. The number of hydrogen-bond donors (Lipinski definition) is 1. The zero-order valence-corrected chi connectivity index (χ0v) is 17.3. The van der Waals surface area contributed by atoms with Gasteiger partial charge in [-0.2, -0.15) is 0 Å². The third kappa shape index (κ3) is 5.75. The van der Waals surface area contributed by atoms with Gasteiger partial charge < -0.3 is 10.1 Å². The summed E-state index contributed by atoms with van der Waals surface area (Å²) in [6.45, 7) is 8.12. The first-order valence-electron chi connectivity index (χ1n) is 10.5. The Morgan fingerprint density at radius 3 is 2.75 bits per heavy atom. The zero-order valence-electron chi connectivity index (χ0n) is 17.3. The van der Waals surface area contributed by atoms with Crippen LogP contribution in [0.4, 0.5) is 4.39 Å². The molecule has 2 heterocycles. The Morgan fingerprint density at radius 1 is 1.25 bits per heavy atom. The van der Waals surface area contributed by atoms with Gasteiger partial charge in [0.1, 0.15) is 5.82 Å². The summed E-state index contributed by atoms with van der Waals surface area (Å²) in [5.41, 5.74) is 2.24. The topological polar surface area (TPSA) is 44.8 Å². The van der Waals surface area contributed by atoms with Crippen LogP contribution in [0.2, 0.25) is 0 Å². The summed E-state index contributed by atoms with van der Waals surface area (Å²) in [6.07, 6.45) is 4.35. The van der Waals surface area contributed by atoms with Gasteiger partial charge in [-0.1, -0.05) is 6.07 Å². The van der Waals surface area contributed by atoms with Crippen LogP contribution in [-0.2, 0) is 16.1 Å². The van der Waals surface area contributed by atoms with Crippen LogP contribution < -0.4 is 5.32 Å². The Hall–Kier alpha value is -1.50. The van der Waals surface area contributed by atoms with E-state index in [-0.39, 0.29) is 17.6 Å². The highest BCUT2D eigenvalue weighted by molar-refractivity contribution is 5.78. The molecule has 1 aromatic rings. The van der Waals surface area contributed by atoms with Gasteiger partial charge >= 0.3 is 0 Å². The molecule has 0 bridgehead atoms. The van der Waals surface area contributed by atoms with E-state index in [1.807, 2.05) is 13.0 Å². The Kier molecular flexibility index (Phi) is 7.82. The van der Waals surface area contributed by atoms with Gasteiger partial charge in [0.25, 0.3) is 0 Å². The molecule has 1 unspecified atom stereocenters. The zero-order chi connectivity index (χ0) is 19.9. The maximum Gasteiger partial charge on any atom is 0.224 e. The number of methoxy groups -OCH3 is 1. The highest BCUT2D eigenvalue weighted by Gasteiger charge is 2.31. The molecule has 1 aromatic carbocycles. The number of hydrogen-bond acceptors (Lipinski definition) is 4. The van der Waals surface area contributed by atoms with Gasteiger partial charge in [-0.15, -0.1) is 0 Å². The van der Waals surface area contributed by atoms with E-state index in [1.165, 1.54) is 5.56 Å². The summed E-state index contributed by atoms with van der Waals surface area (Å²) >= 11 is 0. The van der Waals surface area contributed by atoms with Crippen LogP contribution in [0, 0.1) is 18.7 Å². The fourth-order valence-corrected chi connectivity index (χ4v) is 4.49. The Balaban J connectivity index is 1.45. The Labute approximate surface area is 168 Å². The largest absolute Gasteiger partial charge is 0.383 e. The van der Waals surface area contributed by atoms with Crippen molar-refractivity contribution in [1.82, 2.24) is 15.1 Å². The molecule has 3 rings (SSSR count). The van der Waals surface area contributed by atoms with Crippen molar-refractivity contribution in [3.8, 4) is 0 Å². The molecule has 2 aliphatic heterocycles. The maximum atomic E-state index is 13.3. The number of benzene rings is 1. The summed E-state index contributed by atoms with van der Waals surface area (Å²) in [5.74, 6) is 0.113. The minimum Gasteiger partial charge on any atom is -0.383 e. The molecule has 0 aromatic heterocycles. The van der Waals surface area contributed by atoms with Crippen LogP contribution in [0.1, 0.15) is 36.8 Å². The van der Waals surface area contributed by atoms with Crippen molar-refractivity contribution in [3.63, 3.8) is 0 Å². The van der Waals surface area contributed by atoms with Gasteiger partial charge in [0.05, 0.1) is 12.5 Å². The number of carbonyl (C=O) groups is 1. The Morgan fingerprint density at radius 2 is 2.04 bits per heavy atom. The molecule has 156 valence electrons. The smallest absolute Gasteiger partial charge is 0.224 e. The van der Waals surface area contributed by atoms with Crippen LogP contribution in [0.5, 0.6) is 0 Å². The van der Waals surface area contributed by atoms with Crippen LogP contribution >= 0.6 is 0 Å². The maximum absolute atomic E-state index is 13.3. The number of nitrogens with zero attached hydrogens (tertiary/aromatic N) is 2. The van der Waals surface area contributed by atoms with Crippen molar-refractivity contribution in [1.29, 1.82) is 0 Å². The molecule has 2 saturated heterocycles. The second kappa shape index (κ2) is 10.3. The summed E-state index contributed by atoms with van der Waals surface area (Å²) in [4.78, 5) is 17.4. The highest BCUT2D eigenvalue weighted by Crippen LogP contribution is 2.25. The van der Waals surface area contributed by atoms with Gasteiger partial charge in [0, 0.05) is 32.8 Å². The number of carbonyl (C=O) groups excluding carboxylic acids is 1. The average molecular weight is 392 g/mol. The molecule has 0 spiro atoms. The second-order valence-corrected chi connectivity index (χ2v) is 8.20. The Bertz CT molecular complexity index is 647. The van der Waals surface area contributed by atoms with Crippen molar-refractivity contribution < 1.29 is 13.9 Å². The number of rotatable bonds is 7. The van der Waals surface area contributed by atoms with Gasteiger partial charge in [-0.05, 0) is 75.5 Å². The number of piperidine rings is 2. The lowest BCUT2D eigenvalue weighted by Crippen LogP contribution is -2.50. The normalized spacial score (nSPS) is 22.3. The van der Waals surface area contributed by atoms with Crippen molar-refractivity contribution in [2.75, 3.05) is 46.4 Å². The number of nitrogens with one attached hydrogen (secondary N) is 1. The monoisotopic (exact) mass is 391 g/mol. The fourth-order valence-electron chi connectivity index (χ4n) is 4.49. The van der Waals surface area contributed by atoms with E-state index >= 15 is 0 Å². The van der Waals surface area contributed by atoms with Crippen LogP contribution in [0.25, 0.3) is 0 Å². The third-order valence-corrected chi connectivity index (χ3v) is 6.20. The lowest BCUT2D eigenvalue weighted by Gasteiger charge is -2.42. The predicted octanol–water partition coefficient (Wildman–Crippen LogP) is 2.57. The summed E-state index contributed by atoms with van der Waals surface area (Å²) in [5, 5.41) is 2.99. The van der Waals surface area contributed by atoms with Crippen molar-refractivity contribution >= 4 is 5.91 Å². The van der Waals surface area contributed by atoms with E-state index < -0.39 is 0 Å². The van der Waals surface area contributed by atoms with Gasteiger partial charge in [0.15, 0.2) is 0 Å². The second-order valence-electron chi connectivity index (χ2n) is 8.20. The highest BCUT2D eigenvalue weighted by atomic mass is 19.1. The van der Waals surface area contributed by atoms with Crippen molar-refractivity contribution in [2.45, 2.75) is 45.2 Å². The van der Waals surface area contributed by atoms with Gasteiger partial charge in [-0.25, -0.2) is 4.39 Å². The molecular weight excluding hydrogens is 357 g/mol. The quantitative estimate of drug-likeness (QED) is 0.726. The molecular formula is C22H34FN3O2. The average Bonchev–Trinajstić information content (AvgIpc) is 2.71. The molecule has 5 nitrogen and oxygen atoms in total. The van der Waals surface area contributed by atoms with E-state index in [0.717, 1.165) is 64.0 Å². The van der Waals surface area contributed by atoms with Crippen LogP contribution in [-0.4, -0.2) is 68.2 Å². The molecule has 1 N–H and O–H groups in total. The molecule has 6 heteroatoms. The standard InChI is InChI=1S/C22H34FN3O2/c1-17-14-20(23)6-5-18(17)15-25-11-7-21(8-12-25)26-10-3-4-19(16-26)22(27)24-9-13-28-2/h5-6,14,19,21H,3-4,7-13,15-16H2,1-2H3,(H,24,27). The summed E-state index contributed by atoms with van der Waals surface area (Å²) in [7, 11) is 1.65. The minimum atomic E-state index is -0.161. The van der Waals surface area contributed by atoms with E-state index in [1.54, 1.807) is 19.2 Å². The number of ether oxygens (including phenoxy) is 1. The third-order valence-electron chi connectivity index (χ3n) is 6.20. The van der Waals surface area contributed by atoms with E-state index in [4.69, 9.17) is 4.74 Å². The molecule has 2 fully saturated rings. The molecule has 2 aliphatic rings. The van der Waals surface area contributed by atoms with E-state index in [9.17, 15) is 9.18 Å². The SMILES string of the molecule is COCCNC(=O)C1CCCN(C2CCN(Cc3ccc(F)cc3C)CC2)C1. The van der Waals surface area contributed by atoms with Gasteiger partial charge in [-0.3, -0.25) is 14.6 Å². The summed E-state index contributed by atoms with van der Waals surface area (Å²) < 4.78 is 18.3. The molecule has 28 heavy (non-hydrogen) atoms. The van der Waals surface area contributed by atoms with Crippen molar-refractivity contribution in [3.05, 3.63) is 35.1 Å². The lowest BCUT2D eigenvalue weighted by atomic mass is 9.93. The molecule has 1 amide bonds. The van der Waals surface area contributed by atoms with Crippen molar-refractivity contribution in [2.24, 2.45) is 5.92 Å². The molecule has 0 radical (unpaired) electrons. The molecule has 0 saturated carbocycles. The number of likely N-dealkylation sites (tertiary alicyclic amines) is 2. The van der Waals surface area contributed by atoms with Crippen LogP contribution in [0.3, 0.4) is 0 Å². The van der Waals surface area contributed by atoms with Crippen LogP contribution in [0.15, 0.2) is 18.2 Å². The minimum absolute atomic E-state index is 0.102. The fraction of sp³-hybridized carbons (Fsp3) is 0.682. The molecule has 0 aliphatic carbocycles. The number of amides is 1. The lowest BCUT2D eigenvalue weighted by molar-refractivity contribution is -0.127. The first-order chi connectivity index (χ1) is 13.6. The number of halogens is 1. The first-order valence-corrected chi connectivity index (χ1v) is 10.5.